The predicted octanol–water partition coefficient (Wildman–Crippen LogP) is 3.22. The van der Waals surface area contributed by atoms with Gasteiger partial charge in [0.1, 0.15) is 5.41 Å². The van der Waals surface area contributed by atoms with Crippen molar-refractivity contribution >= 4 is 5.97 Å². The molecule has 0 N–H and O–H groups in total. The molecular formula is C16H19NO2. The summed E-state index contributed by atoms with van der Waals surface area (Å²) in [6.45, 7) is 6.01. The van der Waals surface area contributed by atoms with Crippen molar-refractivity contribution in [1.29, 1.82) is 5.26 Å². The lowest BCUT2D eigenvalue weighted by Gasteiger charge is -2.27. The molecule has 0 bridgehead atoms. The van der Waals surface area contributed by atoms with Crippen molar-refractivity contribution in [2.24, 2.45) is 5.92 Å². The van der Waals surface area contributed by atoms with E-state index in [4.69, 9.17) is 4.74 Å². The number of rotatable bonds is 5. The Kier molecular flexibility index (Phi) is 5.32. The molecule has 0 aliphatic rings. The van der Waals surface area contributed by atoms with E-state index in [1.807, 2.05) is 44.2 Å². The molecule has 19 heavy (non-hydrogen) atoms. The van der Waals surface area contributed by atoms with Crippen molar-refractivity contribution in [1.82, 2.24) is 0 Å². The van der Waals surface area contributed by atoms with Crippen molar-refractivity contribution in [3.8, 4) is 6.07 Å². The molecule has 3 heteroatoms. The first-order valence-electron chi connectivity index (χ1n) is 6.39. The molecule has 3 nitrogen and oxygen atoms in total. The summed E-state index contributed by atoms with van der Waals surface area (Å²) in [5, 5.41) is 9.59. The van der Waals surface area contributed by atoms with E-state index in [-0.39, 0.29) is 5.92 Å². The average molecular weight is 257 g/mol. The maximum atomic E-state index is 11.4. The van der Waals surface area contributed by atoms with Crippen LogP contribution in [0.5, 0.6) is 0 Å². The molecule has 1 rings (SSSR count). The van der Waals surface area contributed by atoms with Gasteiger partial charge in [-0.2, -0.15) is 5.26 Å². The van der Waals surface area contributed by atoms with Gasteiger partial charge in [0.25, 0.3) is 0 Å². The second kappa shape index (κ2) is 6.75. The van der Waals surface area contributed by atoms with Crippen LogP contribution in [-0.4, -0.2) is 12.6 Å². The van der Waals surface area contributed by atoms with E-state index >= 15 is 0 Å². The minimum atomic E-state index is -0.811. The van der Waals surface area contributed by atoms with Crippen LogP contribution in [0, 0.1) is 17.2 Å². The van der Waals surface area contributed by atoms with E-state index in [2.05, 4.69) is 6.07 Å². The highest BCUT2D eigenvalue weighted by Crippen LogP contribution is 2.33. The Morgan fingerprint density at radius 2 is 2.05 bits per heavy atom. The van der Waals surface area contributed by atoms with Gasteiger partial charge in [-0.05, 0) is 18.4 Å². The van der Waals surface area contributed by atoms with E-state index in [1.54, 1.807) is 13.0 Å². The van der Waals surface area contributed by atoms with Crippen molar-refractivity contribution in [2.75, 3.05) is 6.61 Å². The monoisotopic (exact) mass is 257 g/mol. The molecule has 1 aromatic carbocycles. The topological polar surface area (TPSA) is 50.1 Å². The van der Waals surface area contributed by atoms with E-state index < -0.39 is 11.4 Å². The fraction of sp³-hybridized carbons (Fsp3) is 0.375. The molecule has 0 heterocycles. The zero-order chi connectivity index (χ0) is 14.3. The van der Waals surface area contributed by atoms with Crippen LogP contribution in [-0.2, 0) is 14.9 Å². The highest BCUT2D eigenvalue weighted by atomic mass is 16.5. The van der Waals surface area contributed by atoms with Crippen molar-refractivity contribution in [2.45, 2.75) is 26.2 Å². The van der Waals surface area contributed by atoms with Crippen LogP contribution in [0.3, 0.4) is 0 Å². The maximum absolute atomic E-state index is 11.4. The van der Waals surface area contributed by atoms with Gasteiger partial charge in [-0.15, -0.1) is 0 Å². The van der Waals surface area contributed by atoms with Gasteiger partial charge in [0, 0.05) is 6.08 Å². The Bertz CT molecular complexity index is 485. The van der Waals surface area contributed by atoms with Gasteiger partial charge in [-0.25, -0.2) is 4.79 Å². The van der Waals surface area contributed by atoms with Gasteiger partial charge < -0.3 is 4.74 Å². The molecule has 0 amide bonds. The molecule has 0 saturated carbocycles. The second-order valence-corrected chi connectivity index (χ2v) is 4.59. The number of nitrogens with zero attached hydrogens (tertiary/aromatic N) is 1. The van der Waals surface area contributed by atoms with Crippen LogP contribution >= 0.6 is 0 Å². The SMILES string of the molecule is CCOC(=O)/C=C/[C@@](C#N)(c1ccccc1)C(C)C. The molecule has 100 valence electrons. The van der Waals surface area contributed by atoms with Gasteiger partial charge in [0.05, 0.1) is 12.7 Å². The number of hydrogen-bond donors (Lipinski definition) is 0. The Balaban J connectivity index is 3.16. The summed E-state index contributed by atoms with van der Waals surface area (Å²) in [6, 6.07) is 11.8. The van der Waals surface area contributed by atoms with Gasteiger partial charge in [0.2, 0.25) is 0 Å². The number of allylic oxidation sites excluding steroid dienone is 1. The van der Waals surface area contributed by atoms with Gasteiger partial charge in [-0.3, -0.25) is 0 Å². The van der Waals surface area contributed by atoms with Gasteiger partial charge in [0.15, 0.2) is 0 Å². The standard InChI is InChI=1S/C16H19NO2/c1-4-19-15(18)10-11-16(12-17,13(2)3)14-8-6-5-7-9-14/h5-11,13H,4H2,1-3H3/b11-10+/t16-/m0/s1. The van der Waals surface area contributed by atoms with E-state index in [1.165, 1.54) is 6.08 Å². The van der Waals surface area contributed by atoms with Crippen LogP contribution in [0.2, 0.25) is 0 Å². The quantitative estimate of drug-likeness (QED) is 0.601. The van der Waals surface area contributed by atoms with Gasteiger partial charge >= 0.3 is 5.97 Å². The zero-order valence-corrected chi connectivity index (χ0v) is 11.6. The normalized spacial score (nSPS) is 14.1. The number of ether oxygens (including phenoxy) is 1. The Labute approximate surface area is 114 Å². The summed E-state index contributed by atoms with van der Waals surface area (Å²) in [6.07, 6.45) is 2.99. The van der Waals surface area contributed by atoms with Crippen LogP contribution in [0.1, 0.15) is 26.3 Å². The van der Waals surface area contributed by atoms with E-state index in [0.717, 1.165) is 5.56 Å². The van der Waals surface area contributed by atoms with Crippen molar-refractivity contribution < 1.29 is 9.53 Å². The number of benzene rings is 1. The molecule has 0 spiro atoms. The average Bonchev–Trinajstić information content (AvgIpc) is 2.41. The van der Waals surface area contributed by atoms with Crippen molar-refractivity contribution in [3.05, 3.63) is 48.0 Å². The molecule has 0 aliphatic carbocycles. The minimum Gasteiger partial charge on any atom is -0.463 e. The lowest BCUT2D eigenvalue weighted by molar-refractivity contribution is -0.137. The van der Waals surface area contributed by atoms with Crippen molar-refractivity contribution in [3.63, 3.8) is 0 Å². The highest BCUT2D eigenvalue weighted by Gasteiger charge is 2.33. The van der Waals surface area contributed by atoms with E-state index in [0.29, 0.717) is 6.61 Å². The van der Waals surface area contributed by atoms with Crippen LogP contribution in [0.25, 0.3) is 0 Å². The molecule has 0 fully saturated rings. The number of nitriles is 1. The lowest BCUT2D eigenvalue weighted by Crippen LogP contribution is -2.28. The van der Waals surface area contributed by atoms with E-state index in [9.17, 15) is 10.1 Å². The summed E-state index contributed by atoms with van der Waals surface area (Å²) in [7, 11) is 0. The predicted molar refractivity (Wildman–Crippen MR) is 74.3 cm³/mol. The molecular weight excluding hydrogens is 238 g/mol. The molecule has 1 atom stereocenters. The minimum absolute atomic E-state index is 0.0468. The molecule has 0 radical (unpaired) electrons. The van der Waals surface area contributed by atoms with Crippen LogP contribution in [0.4, 0.5) is 0 Å². The fourth-order valence-electron chi connectivity index (χ4n) is 1.96. The molecule has 0 unspecified atom stereocenters. The van der Waals surface area contributed by atoms with Gasteiger partial charge in [-0.1, -0.05) is 50.3 Å². The second-order valence-electron chi connectivity index (χ2n) is 4.59. The summed E-state index contributed by atoms with van der Waals surface area (Å²) in [4.78, 5) is 11.4. The Morgan fingerprint density at radius 3 is 2.53 bits per heavy atom. The summed E-state index contributed by atoms with van der Waals surface area (Å²) >= 11 is 0. The smallest absolute Gasteiger partial charge is 0.330 e. The zero-order valence-electron chi connectivity index (χ0n) is 11.6. The summed E-state index contributed by atoms with van der Waals surface area (Å²) in [5.41, 5.74) is 0.0710. The highest BCUT2D eigenvalue weighted by molar-refractivity contribution is 5.82. The number of carbonyl (C=O) groups is 1. The third-order valence-corrected chi connectivity index (χ3v) is 3.12. The summed E-state index contributed by atoms with van der Waals surface area (Å²) in [5.74, 6) is -0.371. The Morgan fingerprint density at radius 1 is 1.42 bits per heavy atom. The Hall–Kier alpha value is -2.08. The maximum Gasteiger partial charge on any atom is 0.330 e. The molecule has 1 aromatic rings. The summed E-state index contributed by atoms with van der Waals surface area (Å²) < 4.78 is 4.86. The number of hydrogen-bond acceptors (Lipinski definition) is 3. The molecule has 0 saturated heterocycles. The number of esters is 1. The first-order chi connectivity index (χ1) is 9.06. The molecule has 0 aliphatic heterocycles. The lowest BCUT2D eigenvalue weighted by atomic mass is 9.72. The fourth-order valence-corrected chi connectivity index (χ4v) is 1.96. The third kappa shape index (κ3) is 3.45. The third-order valence-electron chi connectivity index (χ3n) is 3.12. The van der Waals surface area contributed by atoms with Crippen LogP contribution in [0.15, 0.2) is 42.5 Å². The first-order valence-corrected chi connectivity index (χ1v) is 6.39. The molecule has 0 aromatic heterocycles. The number of carbonyl (C=O) groups excluding carboxylic acids is 1. The first kappa shape index (κ1) is 15.0. The van der Waals surface area contributed by atoms with Crippen LogP contribution < -0.4 is 0 Å². The largest absolute Gasteiger partial charge is 0.463 e.